The van der Waals surface area contributed by atoms with Gasteiger partial charge in [-0.25, -0.2) is 9.78 Å². The Morgan fingerprint density at radius 2 is 2.38 bits per heavy atom. The number of H-pyrrole nitrogens is 1. The first-order valence-electron chi connectivity index (χ1n) is 6.40. The fourth-order valence-electron chi connectivity index (χ4n) is 2.23. The number of carbonyl (C=O) groups excluding carboxylic acids is 2. The van der Waals surface area contributed by atoms with Crippen molar-refractivity contribution in [2.24, 2.45) is 0 Å². The van der Waals surface area contributed by atoms with E-state index in [4.69, 9.17) is 0 Å². The van der Waals surface area contributed by atoms with E-state index in [9.17, 15) is 9.59 Å². The van der Waals surface area contributed by atoms with Crippen molar-refractivity contribution in [1.82, 2.24) is 15.3 Å². The topological polar surface area (TPSA) is 96.1 Å². The number of amides is 1. The summed E-state index contributed by atoms with van der Waals surface area (Å²) in [6, 6.07) is 1.32. The van der Waals surface area contributed by atoms with Crippen LogP contribution >= 0.6 is 11.3 Å². The van der Waals surface area contributed by atoms with Gasteiger partial charge in [0.05, 0.1) is 36.6 Å². The summed E-state index contributed by atoms with van der Waals surface area (Å²) < 4.78 is 4.69. The van der Waals surface area contributed by atoms with Crippen LogP contribution in [0.25, 0.3) is 0 Å². The number of imidazole rings is 1. The molecule has 0 saturated heterocycles. The molecule has 21 heavy (non-hydrogen) atoms. The molecule has 3 heterocycles. The van der Waals surface area contributed by atoms with Gasteiger partial charge in [0.15, 0.2) is 0 Å². The third-order valence-corrected chi connectivity index (χ3v) is 4.24. The Bertz CT molecular complexity index is 679. The van der Waals surface area contributed by atoms with Gasteiger partial charge < -0.3 is 15.0 Å². The molecule has 1 aliphatic rings. The molecule has 1 aliphatic heterocycles. The molecule has 0 aromatic carbocycles. The number of nitrogens with zero attached hydrogens (tertiary/aromatic N) is 1. The molecule has 1 unspecified atom stereocenters. The monoisotopic (exact) mass is 306 g/mol. The zero-order valence-electron chi connectivity index (χ0n) is 11.3. The first kappa shape index (κ1) is 13.8. The van der Waals surface area contributed by atoms with E-state index < -0.39 is 5.97 Å². The van der Waals surface area contributed by atoms with Gasteiger partial charge in [-0.1, -0.05) is 0 Å². The van der Waals surface area contributed by atoms with E-state index in [0.29, 0.717) is 23.5 Å². The van der Waals surface area contributed by atoms with Crippen molar-refractivity contribution in [1.29, 1.82) is 0 Å². The maximum absolute atomic E-state index is 12.3. The van der Waals surface area contributed by atoms with Crippen molar-refractivity contribution in [3.05, 3.63) is 34.0 Å². The highest BCUT2D eigenvalue weighted by atomic mass is 32.1. The number of aromatic nitrogens is 2. The first-order chi connectivity index (χ1) is 10.2. The lowest BCUT2D eigenvalue weighted by molar-refractivity contribution is -0.118. The van der Waals surface area contributed by atoms with E-state index in [2.05, 4.69) is 25.3 Å². The molecule has 7 nitrogen and oxygen atoms in total. The van der Waals surface area contributed by atoms with Gasteiger partial charge in [-0.15, -0.1) is 11.3 Å². The number of aromatic amines is 1. The summed E-state index contributed by atoms with van der Waals surface area (Å²) in [4.78, 5) is 31.5. The minimum absolute atomic E-state index is 0.188. The quantitative estimate of drug-likeness (QED) is 0.733. The van der Waals surface area contributed by atoms with Crippen LogP contribution < -0.4 is 10.6 Å². The summed E-state index contributed by atoms with van der Waals surface area (Å²) in [5, 5.41) is 7.65. The van der Waals surface area contributed by atoms with Crippen molar-refractivity contribution in [2.75, 3.05) is 12.4 Å². The maximum atomic E-state index is 12.3. The molecule has 1 amide bonds. The Kier molecular flexibility index (Phi) is 3.72. The predicted molar refractivity (Wildman–Crippen MR) is 77.2 cm³/mol. The molecule has 8 heteroatoms. The number of anilines is 1. The summed E-state index contributed by atoms with van der Waals surface area (Å²) in [7, 11) is 1.31. The molecule has 2 aromatic heterocycles. The number of nitrogens with one attached hydrogen (secondary N) is 3. The number of thiophene rings is 1. The number of esters is 1. The average molecular weight is 306 g/mol. The normalized spacial score (nSPS) is 17.1. The van der Waals surface area contributed by atoms with E-state index in [0.717, 1.165) is 11.4 Å². The first-order valence-corrected chi connectivity index (χ1v) is 7.28. The summed E-state index contributed by atoms with van der Waals surface area (Å²) in [5.74, 6) is -0.640. The van der Waals surface area contributed by atoms with E-state index in [1.807, 2.05) is 0 Å². The Morgan fingerprint density at radius 1 is 1.52 bits per heavy atom. The second-order valence-corrected chi connectivity index (χ2v) is 5.53. The molecule has 1 atom stereocenters. The summed E-state index contributed by atoms with van der Waals surface area (Å²) in [6.45, 7) is 0.570. The fraction of sp³-hybridized carbons (Fsp3) is 0.308. The molecule has 3 rings (SSSR count). The summed E-state index contributed by atoms with van der Waals surface area (Å²) in [6.07, 6.45) is 2.14. The number of carbonyl (C=O) groups is 2. The lowest BCUT2D eigenvalue weighted by Gasteiger charge is -2.22. The average Bonchev–Trinajstić information content (AvgIpc) is 3.14. The largest absolute Gasteiger partial charge is 0.465 e. The van der Waals surface area contributed by atoms with Gasteiger partial charge >= 0.3 is 5.97 Å². The van der Waals surface area contributed by atoms with E-state index in [1.165, 1.54) is 18.4 Å². The second kappa shape index (κ2) is 5.66. The zero-order valence-corrected chi connectivity index (χ0v) is 12.1. The van der Waals surface area contributed by atoms with Crippen LogP contribution in [0.1, 0.15) is 21.1 Å². The van der Waals surface area contributed by atoms with Gasteiger partial charge in [0.25, 0.3) is 0 Å². The highest BCUT2D eigenvalue weighted by Gasteiger charge is 2.27. The lowest BCUT2D eigenvalue weighted by Crippen LogP contribution is -2.44. The number of fused-ring (bicyclic) bond motifs is 1. The maximum Gasteiger partial charge on any atom is 0.350 e. The van der Waals surface area contributed by atoms with Crippen molar-refractivity contribution < 1.29 is 14.3 Å². The van der Waals surface area contributed by atoms with E-state index in [-0.39, 0.29) is 11.9 Å². The molecule has 110 valence electrons. The minimum atomic E-state index is -0.452. The van der Waals surface area contributed by atoms with E-state index >= 15 is 0 Å². The van der Waals surface area contributed by atoms with Crippen LogP contribution in [0.5, 0.6) is 0 Å². The van der Waals surface area contributed by atoms with Gasteiger partial charge in [0.1, 0.15) is 4.88 Å². The molecule has 3 N–H and O–H groups in total. The Morgan fingerprint density at radius 3 is 3.19 bits per heavy atom. The Hall–Kier alpha value is -2.19. The number of hydrogen-bond donors (Lipinski definition) is 3. The van der Waals surface area contributed by atoms with Crippen molar-refractivity contribution in [2.45, 2.75) is 19.0 Å². The van der Waals surface area contributed by atoms with Gasteiger partial charge in [0.2, 0.25) is 5.91 Å². The zero-order chi connectivity index (χ0) is 14.8. The predicted octanol–water partition coefficient (Wildman–Crippen LogP) is 0.911. The van der Waals surface area contributed by atoms with Crippen LogP contribution in [0, 0.1) is 0 Å². The van der Waals surface area contributed by atoms with Crippen molar-refractivity contribution in [3.8, 4) is 0 Å². The Labute approximate surface area is 124 Å². The molecule has 0 saturated carbocycles. The van der Waals surface area contributed by atoms with Crippen LogP contribution in [0.15, 0.2) is 17.8 Å². The summed E-state index contributed by atoms with van der Waals surface area (Å²) >= 11 is 1.23. The third kappa shape index (κ3) is 2.67. The SMILES string of the molecule is COC(=O)c1sccc1NC(=O)C1Cc2nc[nH]c2CN1. The molecular weight excluding hydrogens is 292 g/mol. The van der Waals surface area contributed by atoms with Crippen LogP contribution in [0.2, 0.25) is 0 Å². The summed E-state index contributed by atoms with van der Waals surface area (Å²) in [5.41, 5.74) is 2.38. The molecule has 0 radical (unpaired) electrons. The molecular formula is C13H14N4O3S. The van der Waals surface area contributed by atoms with Crippen LogP contribution in [0.4, 0.5) is 5.69 Å². The molecule has 0 aliphatic carbocycles. The van der Waals surface area contributed by atoms with Gasteiger partial charge in [-0.2, -0.15) is 0 Å². The number of rotatable bonds is 3. The van der Waals surface area contributed by atoms with Gasteiger partial charge in [-0.05, 0) is 11.4 Å². The fourth-order valence-corrected chi connectivity index (χ4v) is 3.00. The highest BCUT2D eigenvalue weighted by Crippen LogP contribution is 2.23. The minimum Gasteiger partial charge on any atom is -0.465 e. The van der Waals surface area contributed by atoms with Crippen LogP contribution in [0.3, 0.4) is 0 Å². The van der Waals surface area contributed by atoms with Gasteiger partial charge in [-0.3, -0.25) is 10.1 Å². The number of ether oxygens (including phenoxy) is 1. The Balaban J connectivity index is 1.70. The van der Waals surface area contributed by atoms with Crippen LogP contribution in [-0.4, -0.2) is 35.0 Å². The lowest BCUT2D eigenvalue weighted by atomic mass is 10.0. The van der Waals surface area contributed by atoms with Crippen molar-refractivity contribution in [3.63, 3.8) is 0 Å². The molecule has 0 fully saturated rings. The highest BCUT2D eigenvalue weighted by molar-refractivity contribution is 7.12. The van der Waals surface area contributed by atoms with E-state index in [1.54, 1.807) is 17.8 Å². The molecule has 0 bridgehead atoms. The second-order valence-electron chi connectivity index (χ2n) is 4.61. The van der Waals surface area contributed by atoms with Crippen LogP contribution in [-0.2, 0) is 22.5 Å². The molecule has 2 aromatic rings. The third-order valence-electron chi connectivity index (χ3n) is 3.34. The smallest absolute Gasteiger partial charge is 0.350 e. The van der Waals surface area contributed by atoms with Crippen molar-refractivity contribution >= 4 is 28.9 Å². The molecule has 0 spiro atoms. The van der Waals surface area contributed by atoms with Gasteiger partial charge in [0, 0.05) is 13.0 Å². The number of hydrogen-bond acceptors (Lipinski definition) is 6. The standard InChI is InChI=1S/C13H14N4O3S/c1-20-13(19)11-7(2-3-21-11)17-12(18)9-4-8-10(5-14-9)16-6-15-8/h2-3,6,9,14H,4-5H2,1H3,(H,15,16)(H,17,18). The number of methoxy groups -OCH3 is 1.